The molecule has 0 aliphatic heterocycles. The van der Waals surface area contributed by atoms with Gasteiger partial charge in [-0.05, 0) is 36.8 Å². The third kappa shape index (κ3) is 4.57. The zero-order valence-corrected chi connectivity index (χ0v) is 12.8. The maximum absolute atomic E-state index is 12.3. The largest absolute Gasteiger partial charge is 0.303 e. The van der Waals surface area contributed by atoms with Crippen LogP contribution in [-0.4, -0.2) is 22.3 Å². The average Bonchev–Trinajstić information content (AvgIpc) is 3.03. The SMILES string of the molecule is Cc1ccccc1F.O=CCCC(=O)c1ccc2[nH]ncc2c1. The summed E-state index contributed by atoms with van der Waals surface area (Å²) in [5.74, 6) is -0.141. The van der Waals surface area contributed by atoms with E-state index in [0.717, 1.165) is 17.2 Å². The van der Waals surface area contributed by atoms with Crippen LogP contribution in [0.25, 0.3) is 10.9 Å². The van der Waals surface area contributed by atoms with Gasteiger partial charge in [0.1, 0.15) is 12.1 Å². The molecule has 23 heavy (non-hydrogen) atoms. The van der Waals surface area contributed by atoms with Crippen molar-refractivity contribution in [2.24, 2.45) is 0 Å². The van der Waals surface area contributed by atoms with Gasteiger partial charge in [-0.25, -0.2) is 4.39 Å². The Morgan fingerprint density at radius 3 is 2.70 bits per heavy atom. The lowest BCUT2D eigenvalue weighted by Crippen LogP contribution is -1.98. The van der Waals surface area contributed by atoms with E-state index in [1.807, 2.05) is 12.1 Å². The number of hydrogen-bond donors (Lipinski definition) is 1. The molecule has 0 bridgehead atoms. The number of aldehydes is 1. The Balaban J connectivity index is 0.000000203. The van der Waals surface area contributed by atoms with E-state index in [-0.39, 0.29) is 24.4 Å². The standard InChI is InChI=1S/C11H10N2O2.C7H7F/c14-5-1-2-11(15)8-3-4-10-9(6-8)7-12-13-10;1-6-4-2-3-5-7(6)8/h3-7H,1-2H2,(H,12,13);2-5H,1H3. The van der Waals surface area contributed by atoms with Gasteiger partial charge < -0.3 is 4.79 Å². The summed E-state index contributed by atoms with van der Waals surface area (Å²) >= 11 is 0. The summed E-state index contributed by atoms with van der Waals surface area (Å²) in [7, 11) is 0. The van der Waals surface area contributed by atoms with Gasteiger partial charge in [0.25, 0.3) is 0 Å². The molecule has 1 heterocycles. The minimum atomic E-state index is -0.132. The normalized spacial score (nSPS) is 10.0. The lowest BCUT2D eigenvalue weighted by atomic mass is 10.1. The number of H-pyrrole nitrogens is 1. The monoisotopic (exact) mass is 312 g/mol. The number of Topliss-reactive ketones (excluding diaryl/α,β-unsaturated/α-hetero) is 1. The minimum Gasteiger partial charge on any atom is -0.303 e. The van der Waals surface area contributed by atoms with E-state index < -0.39 is 0 Å². The Kier molecular flexibility index (Phi) is 5.74. The fourth-order valence-corrected chi connectivity index (χ4v) is 2.00. The van der Waals surface area contributed by atoms with Crippen molar-refractivity contribution in [2.75, 3.05) is 0 Å². The first kappa shape index (κ1) is 16.5. The van der Waals surface area contributed by atoms with Crippen molar-refractivity contribution in [3.63, 3.8) is 0 Å². The molecule has 1 aromatic heterocycles. The van der Waals surface area contributed by atoms with Gasteiger partial charge in [-0.3, -0.25) is 9.89 Å². The molecule has 3 rings (SSSR count). The lowest BCUT2D eigenvalue weighted by Gasteiger charge is -1.98. The molecule has 2 aromatic carbocycles. The number of nitrogens with zero attached hydrogens (tertiary/aromatic N) is 1. The molecule has 0 radical (unpaired) electrons. The molecule has 0 saturated heterocycles. The molecule has 0 spiro atoms. The highest BCUT2D eigenvalue weighted by Gasteiger charge is 2.06. The summed E-state index contributed by atoms with van der Waals surface area (Å²) in [5.41, 5.74) is 2.24. The van der Waals surface area contributed by atoms with E-state index in [1.54, 1.807) is 37.4 Å². The molecule has 118 valence electrons. The van der Waals surface area contributed by atoms with Crippen LogP contribution in [-0.2, 0) is 4.79 Å². The number of aromatic nitrogens is 2. The van der Waals surface area contributed by atoms with Gasteiger partial charge in [0, 0.05) is 23.8 Å². The second-order valence-electron chi connectivity index (χ2n) is 5.05. The van der Waals surface area contributed by atoms with Crippen LogP contribution in [0.5, 0.6) is 0 Å². The van der Waals surface area contributed by atoms with Crippen LogP contribution in [0, 0.1) is 12.7 Å². The maximum Gasteiger partial charge on any atom is 0.163 e. The number of hydrogen-bond acceptors (Lipinski definition) is 3. The van der Waals surface area contributed by atoms with Crippen molar-refractivity contribution in [1.82, 2.24) is 10.2 Å². The number of ketones is 1. The first-order valence-electron chi connectivity index (χ1n) is 7.23. The molecule has 0 aliphatic carbocycles. The number of rotatable bonds is 4. The van der Waals surface area contributed by atoms with Crippen LogP contribution in [0.2, 0.25) is 0 Å². The minimum absolute atomic E-state index is 0.00907. The molecule has 4 nitrogen and oxygen atoms in total. The van der Waals surface area contributed by atoms with Gasteiger partial charge in [-0.1, -0.05) is 18.2 Å². The van der Waals surface area contributed by atoms with Crippen molar-refractivity contribution in [3.8, 4) is 0 Å². The Morgan fingerprint density at radius 1 is 1.26 bits per heavy atom. The number of aryl methyl sites for hydroxylation is 1. The molecular formula is C18H17FN2O2. The summed E-state index contributed by atoms with van der Waals surface area (Å²) < 4.78 is 12.3. The molecule has 0 fully saturated rings. The maximum atomic E-state index is 12.3. The van der Waals surface area contributed by atoms with Crippen molar-refractivity contribution in [2.45, 2.75) is 19.8 Å². The Labute approximate surface area is 133 Å². The van der Waals surface area contributed by atoms with Crippen LogP contribution in [0.3, 0.4) is 0 Å². The molecule has 5 heteroatoms. The number of nitrogens with one attached hydrogen (secondary N) is 1. The molecule has 0 amide bonds. The quantitative estimate of drug-likeness (QED) is 0.588. The molecule has 0 atom stereocenters. The first-order valence-corrected chi connectivity index (χ1v) is 7.23. The van der Waals surface area contributed by atoms with Crippen LogP contribution in [0.1, 0.15) is 28.8 Å². The average molecular weight is 312 g/mol. The van der Waals surface area contributed by atoms with Gasteiger partial charge in [0.05, 0.1) is 11.7 Å². The Morgan fingerprint density at radius 2 is 2.04 bits per heavy atom. The van der Waals surface area contributed by atoms with Gasteiger partial charge in [0.2, 0.25) is 0 Å². The number of fused-ring (bicyclic) bond motifs is 1. The zero-order valence-electron chi connectivity index (χ0n) is 12.8. The summed E-state index contributed by atoms with van der Waals surface area (Å²) in [6.45, 7) is 1.75. The van der Waals surface area contributed by atoms with Crippen LogP contribution in [0.15, 0.2) is 48.7 Å². The van der Waals surface area contributed by atoms with Crippen LogP contribution in [0.4, 0.5) is 4.39 Å². The van der Waals surface area contributed by atoms with E-state index in [0.29, 0.717) is 11.1 Å². The molecular weight excluding hydrogens is 295 g/mol. The third-order valence-electron chi connectivity index (χ3n) is 3.33. The highest BCUT2D eigenvalue weighted by molar-refractivity contribution is 5.99. The molecule has 0 aliphatic rings. The number of carbonyl (C=O) groups is 2. The second kappa shape index (κ2) is 7.98. The number of aromatic amines is 1. The fourth-order valence-electron chi connectivity index (χ4n) is 2.00. The Bertz CT molecular complexity index is 790. The topological polar surface area (TPSA) is 62.8 Å². The van der Waals surface area contributed by atoms with E-state index in [4.69, 9.17) is 0 Å². The highest BCUT2D eigenvalue weighted by atomic mass is 19.1. The van der Waals surface area contributed by atoms with Gasteiger partial charge in [-0.15, -0.1) is 0 Å². The van der Waals surface area contributed by atoms with E-state index in [9.17, 15) is 14.0 Å². The summed E-state index contributed by atoms with van der Waals surface area (Å²) in [5, 5.41) is 7.59. The van der Waals surface area contributed by atoms with Crippen molar-refractivity contribution in [1.29, 1.82) is 0 Å². The van der Waals surface area contributed by atoms with Crippen LogP contribution < -0.4 is 0 Å². The first-order chi connectivity index (χ1) is 11.1. The van der Waals surface area contributed by atoms with Crippen LogP contribution >= 0.6 is 0 Å². The summed E-state index contributed by atoms with van der Waals surface area (Å²) in [6.07, 6.45) is 2.98. The molecule has 0 unspecified atom stereocenters. The van der Waals surface area contributed by atoms with E-state index >= 15 is 0 Å². The highest BCUT2D eigenvalue weighted by Crippen LogP contribution is 2.14. The predicted octanol–water partition coefficient (Wildman–Crippen LogP) is 3.86. The summed E-state index contributed by atoms with van der Waals surface area (Å²) in [4.78, 5) is 21.7. The number of benzene rings is 2. The van der Waals surface area contributed by atoms with Crippen molar-refractivity contribution >= 4 is 23.0 Å². The van der Waals surface area contributed by atoms with E-state index in [1.165, 1.54) is 6.07 Å². The fraction of sp³-hybridized carbons (Fsp3) is 0.167. The van der Waals surface area contributed by atoms with E-state index in [2.05, 4.69) is 10.2 Å². The molecule has 0 saturated carbocycles. The Hall–Kier alpha value is -2.82. The van der Waals surface area contributed by atoms with Crippen molar-refractivity contribution in [3.05, 3.63) is 65.6 Å². The zero-order chi connectivity index (χ0) is 16.7. The smallest absolute Gasteiger partial charge is 0.163 e. The molecule has 3 aromatic rings. The second-order valence-corrected chi connectivity index (χ2v) is 5.05. The molecule has 1 N–H and O–H groups in total. The summed E-state index contributed by atoms with van der Waals surface area (Å²) in [6, 6.07) is 12.0. The lowest BCUT2D eigenvalue weighted by molar-refractivity contribution is -0.107. The van der Waals surface area contributed by atoms with Crippen molar-refractivity contribution < 1.29 is 14.0 Å². The van der Waals surface area contributed by atoms with Gasteiger partial charge in [-0.2, -0.15) is 5.10 Å². The third-order valence-corrected chi connectivity index (χ3v) is 3.33. The van der Waals surface area contributed by atoms with Gasteiger partial charge >= 0.3 is 0 Å². The van der Waals surface area contributed by atoms with Gasteiger partial charge in [0.15, 0.2) is 5.78 Å². The number of carbonyl (C=O) groups excluding carboxylic acids is 2. The number of halogens is 1. The predicted molar refractivity (Wildman–Crippen MR) is 86.9 cm³/mol.